The third-order valence-electron chi connectivity index (χ3n) is 7.52. The maximum atomic E-state index is 14.3. The van der Waals surface area contributed by atoms with Crippen LogP contribution in [0.5, 0.6) is 5.88 Å². The number of ether oxygens (including phenoxy) is 3. The molecule has 6 rings (SSSR count). The predicted molar refractivity (Wildman–Crippen MR) is 138 cm³/mol. The lowest BCUT2D eigenvalue weighted by atomic mass is 10.0. The van der Waals surface area contributed by atoms with Gasteiger partial charge >= 0.3 is 0 Å². The summed E-state index contributed by atoms with van der Waals surface area (Å²) in [5, 5.41) is 9.36. The molecule has 0 radical (unpaired) electrons. The van der Waals surface area contributed by atoms with Gasteiger partial charge in [-0.3, -0.25) is 14.3 Å². The van der Waals surface area contributed by atoms with Crippen molar-refractivity contribution in [1.82, 2.24) is 34.3 Å². The van der Waals surface area contributed by atoms with Gasteiger partial charge in [0.15, 0.2) is 0 Å². The summed E-state index contributed by atoms with van der Waals surface area (Å²) in [4.78, 5) is 10.7. The Labute approximate surface area is 228 Å². The van der Waals surface area contributed by atoms with Gasteiger partial charge in [0.25, 0.3) is 0 Å². The number of aromatic nitrogens is 6. The smallest absolute Gasteiger partial charge is 0.201 e. The number of hydrogen-bond donors (Lipinski definition) is 0. The number of rotatable bonds is 8. The van der Waals surface area contributed by atoms with Crippen LogP contribution in [0.25, 0.3) is 16.9 Å². The summed E-state index contributed by atoms with van der Waals surface area (Å²) in [6.07, 6.45) is 3.57. The second-order valence-corrected chi connectivity index (χ2v) is 10.2. The van der Waals surface area contributed by atoms with Gasteiger partial charge in [-0.25, -0.2) is 18.4 Å². The van der Waals surface area contributed by atoms with Crippen molar-refractivity contribution >= 4 is 17.2 Å². The monoisotopic (exact) mass is 559 g/mol. The first-order valence-electron chi connectivity index (χ1n) is 12.8. The molecule has 10 nitrogen and oxygen atoms in total. The molecule has 2 aliphatic heterocycles. The first kappa shape index (κ1) is 26.1. The van der Waals surface area contributed by atoms with Gasteiger partial charge in [-0.15, -0.1) is 5.10 Å². The lowest BCUT2D eigenvalue weighted by molar-refractivity contribution is -0.0735. The summed E-state index contributed by atoms with van der Waals surface area (Å²) in [6, 6.07) is 5.23. The van der Waals surface area contributed by atoms with E-state index in [1.165, 1.54) is 13.3 Å². The molecular formula is C26H28ClF2N7O3. The Hall–Kier alpha value is -3.19. The second kappa shape index (κ2) is 10.8. The molecular weight excluding hydrogens is 532 g/mol. The average Bonchev–Trinajstić information content (AvgIpc) is 3.47. The number of imidazole rings is 1. The van der Waals surface area contributed by atoms with Crippen LogP contribution in [0.15, 0.2) is 30.6 Å². The van der Waals surface area contributed by atoms with Crippen LogP contribution in [0.2, 0.25) is 5.15 Å². The number of nitrogens with zero attached hydrogens (tertiary/aromatic N) is 7. The predicted octanol–water partition coefficient (Wildman–Crippen LogP) is 4.03. The van der Waals surface area contributed by atoms with Gasteiger partial charge in [-0.2, -0.15) is 0 Å². The van der Waals surface area contributed by atoms with Crippen molar-refractivity contribution in [3.8, 4) is 17.1 Å². The molecule has 39 heavy (non-hydrogen) atoms. The fourth-order valence-electron chi connectivity index (χ4n) is 5.25. The van der Waals surface area contributed by atoms with Crippen molar-refractivity contribution < 1.29 is 23.0 Å². The fourth-order valence-corrected chi connectivity index (χ4v) is 5.47. The number of halogens is 3. The van der Waals surface area contributed by atoms with Crippen LogP contribution in [0.3, 0.4) is 0 Å². The SMILES string of the molecule is CO[C@H](COc1cc(-c2nnn(C3CCN(C4COC4)CC3)c2C)cc2ncc(Cl)n12)c1ncc(F)cc1F. The Morgan fingerprint density at radius 2 is 1.90 bits per heavy atom. The summed E-state index contributed by atoms with van der Waals surface area (Å²) >= 11 is 6.40. The van der Waals surface area contributed by atoms with Gasteiger partial charge in [0.1, 0.15) is 46.5 Å². The average molecular weight is 560 g/mol. The van der Waals surface area contributed by atoms with Crippen LogP contribution in [-0.4, -0.2) is 80.3 Å². The molecule has 4 aromatic heterocycles. The summed E-state index contributed by atoms with van der Waals surface area (Å²) in [6.45, 7) is 5.57. The van der Waals surface area contributed by atoms with E-state index in [2.05, 4.69) is 25.2 Å². The molecule has 0 N–H and O–H groups in total. The Balaban J connectivity index is 1.25. The van der Waals surface area contributed by atoms with E-state index in [9.17, 15) is 8.78 Å². The largest absolute Gasteiger partial charge is 0.475 e. The lowest BCUT2D eigenvalue weighted by Gasteiger charge is -2.41. The molecule has 0 aromatic carbocycles. The van der Waals surface area contributed by atoms with Crippen LogP contribution in [0, 0.1) is 18.6 Å². The molecule has 2 saturated heterocycles. The van der Waals surface area contributed by atoms with E-state index in [1.807, 2.05) is 17.7 Å². The molecule has 0 bridgehead atoms. The van der Waals surface area contributed by atoms with E-state index in [0.29, 0.717) is 28.4 Å². The number of hydrogen-bond acceptors (Lipinski definition) is 8. The topological polar surface area (TPSA) is 91.8 Å². The molecule has 0 spiro atoms. The minimum atomic E-state index is -0.883. The Morgan fingerprint density at radius 3 is 2.59 bits per heavy atom. The number of piperidine rings is 1. The van der Waals surface area contributed by atoms with Crippen LogP contribution in [0.1, 0.15) is 36.4 Å². The Kier molecular flexibility index (Phi) is 7.19. The van der Waals surface area contributed by atoms with E-state index >= 15 is 0 Å². The zero-order chi connectivity index (χ0) is 27.1. The minimum Gasteiger partial charge on any atom is -0.475 e. The van der Waals surface area contributed by atoms with E-state index in [1.54, 1.807) is 10.5 Å². The molecule has 206 valence electrons. The molecule has 0 saturated carbocycles. The third kappa shape index (κ3) is 4.97. The quantitative estimate of drug-likeness (QED) is 0.320. The van der Waals surface area contributed by atoms with Crippen LogP contribution < -0.4 is 4.74 Å². The number of methoxy groups -OCH3 is 1. The number of pyridine rings is 2. The highest BCUT2D eigenvalue weighted by atomic mass is 35.5. The van der Waals surface area contributed by atoms with Crippen LogP contribution >= 0.6 is 11.6 Å². The molecule has 0 aliphatic carbocycles. The molecule has 2 fully saturated rings. The van der Waals surface area contributed by atoms with Crippen LogP contribution in [0.4, 0.5) is 8.78 Å². The van der Waals surface area contributed by atoms with Crippen molar-refractivity contribution in [3.63, 3.8) is 0 Å². The summed E-state index contributed by atoms with van der Waals surface area (Å²) < 4.78 is 48.2. The summed E-state index contributed by atoms with van der Waals surface area (Å²) in [5.74, 6) is -1.22. The zero-order valence-electron chi connectivity index (χ0n) is 21.6. The molecule has 4 aromatic rings. The Morgan fingerprint density at radius 1 is 1.10 bits per heavy atom. The third-order valence-corrected chi connectivity index (χ3v) is 7.79. The normalized spacial score (nSPS) is 18.0. The standard InChI is InChI=1S/C26H28ClF2N7O3/c1-15-25(32-33-36(15)18-3-5-34(6-4-18)19-12-38-13-19)16-7-23-30-11-22(27)35(23)24(8-16)39-14-21(37-2)26-20(29)9-17(28)10-31-26/h7-11,18-19,21H,3-6,12-14H2,1-2H3/t21-/m1/s1. The lowest BCUT2D eigenvalue weighted by Crippen LogP contribution is -2.52. The number of likely N-dealkylation sites (tertiary alicyclic amines) is 1. The van der Waals surface area contributed by atoms with E-state index in [-0.39, 0.29) is 18.3 Å². The summed E-state index contributed by atoms with van der Waals surface area (Å²) in [5.41, 5.74) is 2.91. The molecule has 0 amide bonds. The van der Waals surface area contributed by atoms with Gasteiger partial charge < -0.3 is 14.2 Å². The van der Waals surface area contributed by atoms with Gasteiger partial charge in [-0.05, 0) is 25.8 Å². The maximum absolute atomic E-state index is 14.3. The van der Waals surface area contributed by atoms with Gasteiger partial charge in [0, 0.05) is 37.9 Å². The van der Waals surface area contributed by atoms with Crippen molar-refractivity contribution in [2.45, 2.75) is 38.0 Å². The number of fused-ring (bicyclic) bond motifs is 1. The van der Waals surface area contributed by atoms with E-state index in [0.717, 1.165) is 62.7 Å². The van der Waals surface area contributed by atoms with E-state index in [4.69, 9.17) is 25.8 Å². The highest BCUT2D eigenvalue weighted by molar-refractivity contribution is 6.29. The van der Waals surface area contributed by atoms with Gasteiger partial charge in [0.2, 0.25) is 5.88 Å². The molecule has 6 heterocycles. The fraction of sp³-hybridized carbons (Fsp3) is 0.462. The first-order chi connectivity index (χ1) is 18.9. The molecule has 0 unspecified atom stereocenters. The molecule has 1 atom stereocenters. The highest BCUT2D eigenvalue weighted by Crippen LogP contribution is 2.33. The van der Waals surface area contributed by atoms with Crippen molar-refractivity contribution in [2.75, 3.05) is 40.0 Å². The first-order valence-corrected chi connectivity index (χ1v) is 13.2. The zero-order valence-corrected chi connectivity index (χ0v) is 22.3. The maximum Gasteiger partial charge on any atom is 0.201 e. The second-order valence-electron chi connectivity index (χ2n) is 9.84. The Bertz CT molecular complexity index is 1480. The van der Waals surface area contributed by atoms with Crippen molar-refractivity contribution in [3.05, 3.63) is 58.8 Å². The molecule has 13 heteroatoms. The summed E-state index contributed by atoms with van der Waals surface area (Å²) in [7, 11) is 1.40. The van der Waals surface area contributed by atoms with Crippen LogP contribution in [-0.2, 0) is 9.47 Å². The van der Waals surface area contributed by atoms with Crippen molar-refractivity contribution in [1.29, 1.82) is 0 Å². The highest BCUT2D eigenvalue weighted by Gasteiger charge is 2.31. The van der Waals surface area contributed by atoms with Gasteiger partial charge in [0.05, 0.1) is 43.4 Å². The van der Waals surface area contributed by atoms with Crippen molar-refractivity contribution in [2.24, 2.45) is 0 Å². The minimum absolute atomic E-state index is 0.0577. The van der Waals surface area contributed by atoms with E-state index < -0.39 is 17.7 Å². The van der Waals surface area contributed by atoms with Gasteiger partial charge in [-0.1, -0.05) is 16.8 Å². The molecule has 2 aliphatic rings.